The second-order valence-electron chi connectivity index (χ2n) is 5.69. The van der Waals surface area contributed by atoms with Gasteiger partial charge in [0.2, 0.25) is 0 Å². The van der Waals surface area contributed by atoms with Crippen LogP contribution in [-0.4, -0.2) is 29.4 Å². The number of aliphatic hydroxyl groups is 1. The molecule has 0 radical (unpaired) electrons. The van der Waals surface area contributed by atoms with Gasteiger partial charge >= 0.3 is 0 Å². The van der Waals surface area contributed by atoms with Crippen molar-refractivity contribution in [1.82, 2.24) is 0 Å². The maximum atomic E-state index is 11.0. The highest BCUT2D eigenvalue weighted by molar-refractivity contribution is 7.86. The lowest BCUT2D eigenvalue weighted by molar-refractivity contribution is 0.148. The number of aliphatic hydroxyl groups excluding tert-OH is 1. The summed E-state index contributed by atoms with van der Waals surface area (Å²) in [6, 6.07) is 0. The van der Waals surface area contributed by atoms with Crippen LogP contribution in [0.15, 0.2) is 0 Å². The van der Waals surface area contributed by atoms with Crippen LogP contribution < -0.4 is 0 Å². The summed E-state index contributed by atoms with van der Waals surface area (Å²) >= 11 is 0. The Hall–Kier alpha value is -0.130. The molecule has 2 N–H and O–H groups in total. The van der Waals surface area contributed by atoms with Crippen LogP contribution in [-0.2, 0) is 10.1 Å². The van der Waals surface area contributed by atoms with Crippen LogP contribution in [0.4, 0.5) is 0 Å². The lowest BCUT2D eigenvalue weighted by Gasteiger charge is -2.11. The molecular formula is C15H32O4S. The molecule has 20 heavy (non-hydrogen) atoms. The molecule has 0 aliphatic carbocycles. The quantitative estimate of drug-likeness (QED) is 0.399. The zero-order valence-electron chi connectivity index (χ0n) is 13.1. The van der Waals surface area contributed by atoms with Crippen molar-refractivity contribution < 1.29 is 18.1 Å². The molecule has 0 aliphatic heterocycles. The highest BCUT2D eigenvalue weighted by Crippen LogP contribution is 2.16. The zero-order chi connectivity index (χ0) is 15.4. The van der Waals surface area contributed by atoms with E-state index in [1.165, 1.54) is 0 Å². The van der Waals surface area contributed by atoms with E-state index < -0.39 is 15.4 Å². The zero-order valence-corrected chi connectivity index (χ0v) is 13.9. The van der Waals surface area contributed by atoms with Crippen LogP contribution in [0.1, 0.15) is 84.5 Å². The standard InChI is InChI=1S/C15H32O4S/c1-3-5-11-14(16)12-9-7-6-8-10-13-15(4-2)20(17,18)19/h14-16H,3-13H2,1-2H3,(H,17,18,19). The Labute approximate surface area is 124 Å². The normalized spacial score (nSPS) is 15.2. The molecule has 0 bridgehead atoms. The van der Waals surface area contributed by atoms with Crippen LogP contribution >= 0.6 is 0 Å². The van der Waals surface area contributed by atoms with E-state index >= 15 is 0 Å². The molecule has 0 rings (SSSR count). The van der Waals surface area contributed by atoms with E-state index in [1.807, 2.05) is 0 Å². The van der Waals surface area contributed by atoms with Gasteiger partial charge in [-0.1, -0.05) is 58.8 Å². The van der Waals surface area contributed by atoms with E-state index in [1.54, 1.807) is 6.92 Å². The van der Waals surface area contributed by atoms with Gasteiger partial charge in [-0.15, -0.1) is 0 Å². The molecule has 0 aromatic heterocycles. The molecule has 0 saturated heterocycles. The topological polar surface area (TPSA) is 74.6 Å². The average Bonchev–Trinajstić information content (AvgIpc) is 2.38. The van der Waals surface area contributed by atoms with Crippen molar-refractivity contribution >= 4 is 10.1 Å². The molecule has 0 heterocycles. The summed E-state index contributed by atoms with van der Waals surface area (Å²) in [4.78, 5) is 0. The number of unbranched alkanes of at least 4 members (excludes halogenated alkanes) is 5. The van der Waals surface area contributed by atoms with Crippen LogP contribution in [0.25, 0.3) is 0 Å². The molecule has 0 aromatic rings. The molecular weight excluding hydrogens is 276 g/mol. The second kappa shape index (κ2) is 11.5. The minimum atomic E-state index is -3.87. The van der Waals surface area contributed by atoms with E-state index in [-0.39, 0.29) is 6.10 Å². The molecule has 4 nitrogen and oxygen atoms in total. The third kappa shape index (κ3) is 10.6. The van der Waals surface area contributed by atoms with Crippen LogP contribution in [0.2, 0.25) is 0 Å². The van der Waals surface area contributed by atoms with Crippen molar-refractivity contribution in [2.75, 3.05) is 0 Å². The van der Waals surface area contributed by atoms with Gasteiger partial charge in [-0.3, -0.25) is 4.55 Å². The third-order valence-corrected chi connectivity index (χ3v) is 5.24. The monoisotopic (exact) mass is 308 g/mol. The first-order chi connectivity index (χ1) is 9.41. The molecule has 0 aromatic carbocycles. The Morgan fingerprint density at radius 1 is 0.850 bits per heavy atom. The summed E-state index contributed by atoms with van der Waals surface area (Å²) in [5.41, 5.74) is 0. The molecule has 0 amide bonds. The molecule has 0 saturated carbocycles. The minimum Gasteiger partial charge on any atom is -0.393 e. The van der Waals surface area contributed by atoms with Crippen molar-refractivity contribution in [2.45, 2.75) is 95.8 Å². The van der Waals surface area contributed by atoms with Gasteiger partial charge in [0.15, 0.2) is 0 Å². The van der Waals surface area contributed by atoms with E-state index in [0.717, 1.165) is 57.8 Å². The molecule has 2 unspecified atom stereocenters. The average molecular weight is 308 g/mol. The SMILES string of the molecule is CCCCC(O)CCCCCCCC(CC)S(=O)(=O)O. The van der Waals surface area contributed by atoms with Crippen molar-refractivity contribution in [3.63, 3.8) is 0 Å². The Morgan fingerprint density at radius 2 is 1.35 bits per heavy atom. The molecule has 0 aliphatic rings. The van der Waals surface area contributed by atoms with Gasteiger partial charge in [0.05, 0.1) is 11.4 Å². The minimum absolute atomic E-state index is 0.154. The lowest BCUT2D eigenvalue weighted by Crippen LogP contribution is -2.19. The maximum Gasteiger partial charge on any atom is 0.267 e. The van der Waals surface area contributed by atoms with Crippen molar-refractivity contribution in [2.24, 2.45) is 0 Å². The highest BCUT2D eigenvalue weighted by Gasteiger charge is 2.19. The first-order valence-electron chi connectivity index (χ1n) is 8.06. The van der Waals surface area contributed by atoms with Crippen LogP contribution in [0.3, 0.4) is 0 Å². The first kappa shape index (κ1) is 19.9. The molecule has 0 fully saturated rings. The maximum absolute atomic E-state index is 11.0. The molecule has 5 heteroatoms. The molecule has 2 atom stereocenters. The van der Waals surface area contributed by atoms with E-state index in [4.69, 9.17) is 4.55 Å². The highest BCUT2D eigenvalue weighted by atomic mass is 32.2. The Morgan fingerprint density at radius 3 is 1.85 bits per heavy atom. The third-order valence-electron chi connectivity index (χ3n) is 3.83. The van der Waals surface area contributed by atoms with E-state index in [0.29, 0.717) is 12.8 Å². The lowest BCUT2D eigenvalue weighted by atomic mass is 10.0. The number of hydrogen-bond acceptors (Lipinski definition) is 3. The summed E-state index contributed by atoms with van der Waals surface area (Å²) in [6.45, 7) is 3.92. The van der Waals surface area contributed by atoms with Crippen molar-refractivity contribution in [1.29, 1.82) is 0 Å². The predicted molar refractivity (Wildman–Crippen MR) is 83.5 cm³/mol. The smallest absolute Gasteiger partial charge is 0.267 e. The Kier molecular flexibility index (Phi) is 11.4. The van der Waals surface area contributed by atoms with Crippen molar-refractivity contribution in [3.8, 4) is 0 Å². The second-order valence-corrected chi connectivity index (χ2v) is 7.38. The summed E-state index contributed by atoms with van der Waals surface area (Å²) in [7, 11) is -3.87. The first-order valence-corrected chi connectivity index (χ1v) is 9.56. The van der Waals surface area contributed by atoms with Crippen LogP contribution in [0, 0.1) is 0 Å². The van der Waals surface area contributed by atoms with Crippen molar-refractivity contribution in [3.05, 3.63) is 0 Å². The summed E-state index contributed by atoms with van der Waals surface area (Å²) in [5.74, 6) is 0. The largest absolute Gasteiger partial charge is 0.393 e. The van der Waals surface area contributed by atoms with Gasteiger partial charge in [0.25, 0.3) is 10.1 Å². The summed E-state index contributed by atoms with van der Waals surface area (Å²) in [6.07, 6.45) is 9.92. The van der Waals surface area contributed by atoms with Gasteiger partial charge in [0, 0.05) is 0 Å². The number of rotatable bonds is 13. The fourth-order valence-corrected chi connectivity index (χ4v) is 3.32. The fourth-order valence-electron chi connectivity index (χ4n) is 2.43. The van der Waals surface area contributed by atoms with Crippen LogP contribution in [0.5, 0.6) is 0 Å². The summed E-state index contributed by atoms with van der Waals surface area (Å²) in [5, 5.41) is 9.08. The van der Waals surface area contributed by atoms with E-state index in [9.17, 15) is 13.5 Å². The predicted octanol–water partition coefficient (Wildman–Crippen LogP) is 3.93. The summed E-state index contributed by atoms with van der Waals surface area (Å²) < 4.78 is 31.0. The van der Waals surface area contributed by atoms with Gasteiger partial charge in [-0.2, -0.15) is 8.42 Å². The fraction of sp³-hybridized carbons (Fsp3) is 1.00. The molecule has 0 spiro atoms. The van der Waals surface area contributed by atoms with Gasteiger partial charge < -0.3 is 5.11 Å². The van der Waals surface area contributed by atoms with Gasteiger partial charge in [-0.25, -0.2) is 0 Å². The number of hydrogen-bond donors (Lipinski definition) is 2. The van der Waals surface area contributed by atoms with Gasteiger partial charge in [0.1, 0.15) is 0 Å². The Bertz CT molecular complexity index is 314. The Balaban J connectivity index is 3.49. The van der Waals surface area contributed by atoms with Gasteiger partial charge in [-0.05, 0) is 25.7 Å². The van der Waals surface area contributed by atoms with E-state index in [2.05, 4.69) is 6.92 Å². The molecule has 122 valence electrons.